The largest absolute Gasteiger partial charge is 0.372 e. The molecule has 30 heavy (non-hydrogen) atoms. The minimum absolute atomic E-state index is 0. The van der Waals surface area contributed by atoms with Crippen LogP contribution in [0, 0.1) is 0 Å². The number of ether oxygens (including phenoxy) is 1. The van der Waals surface area contributed by atoms with Crippen molar-refractivity contribution in [3.63, 3.8) is 0 Å². The molecule has 0 amide bonds. The Balaban J connectivity index is 0.00000218. The summed E-state index contributed by atoms with van der Waals surface area (Å²) in [4.78, 5) is 0. The number of nitrogens with one attached hydrogen (secondary N) is 1. The Hall–Kier alpha value is -2.17. The van der Waals surface area contributed by atoms with E-state index in [9.17, 15) is 0 Å². The predicted octanol–water partition coefficient (Wildman–Crippen LogP) is 6.65. The Labute approximate surface area is 188 Å². The number of hydrogen-bond acceptors (Lipinski definition) is 3. The van der Waals surface area contributed by atoms with Crippen LogP contribution in [0.3, 0.4) is 0 Å². The van der Waals surface area contributed by atoms with Gasteiger partial charge in [-0.15, -0.1) is 12.4 Å². The summed E-state index contributed by atoms with van der Waals surface area (Å²) in [7, 11) is 0. The van der Waals surface area contributed by atoms with Gasteiger partial charge in [0.2, 0.25) is 0 Å². The van der Waals surface area contributed by atoms with Crippen LogP contribution in [0.15, 0.2) is 83.6 Å². The molecule has 1 aromatic heterocycles. The Kier molecular flexibility index (Phi) is 6.86. The zero-order valence-electron chi connectivity index (χ0n) is 16.8. The molecular formula is C26H26ClNOS. The second-order valence-corrected chi connectivity index (χ2v) is 8.55. The molecule has 5 rings (SSSR count). The number of piperidine rings is 1. The van der Waals surface area contributed by atoms with Crippen molar-refractivity contribution in [1.29, 1.82) is 0 Å². The van der Waals surface area contributed by atoms with E-state index in [2.05, 4.69) is 88.9 Å². The van der Waals surface area contributed by atoms with Crippen LogP contribution in [0.4, 0.5) is 0 Å². The van der Waals surface area contributed by atoms with Gasteiger partial charge in [-0.2, -0.15) is 11.3 Å². The summed E-state index contributed by atoms with van der Waals surface area (Å²) in [6.45, 7) is 2.60. The first kappa shape index (κ1) is 21.1. The third-order valence-electron chi connectivity index (χ3n) is 5.87. The van der Waals surface area contributed by atoms with Gasteiger partial charge in [-0.1, -0.05) is 60.7 Å². The van der Waals surface area contributed by atoms with Crippen molar-refractivity contribution in [2.75, 3.05) is 13.1 Å². The zero-order chi connectivity index (χ0) is 19.5. The smallest absolute Gasteiger partial charge is 0.0772 e. The highest BCUT2D eigenvalue weighted by molar-refractivity contribution is 7.08. The van der Waals surface area contributed by atoms with Gasteiger partial charge in [-0.3, -0.25) is 0 Å². The molecule has 0 aliphatic carbocycles. The fraction of sp³-hybridized carbons (Fsp3) is 0.231. The van der Waals surface area contributed by atoms with Crippen LogP contribution < -0.4 is 5.32 Å². The Morgan fingerprint density at radius 3 is 2.67 bits per heavy atom. The number of halogens is 1. The van der Waals surface area contributed by atoms with Crippen LogP contribution in [0.5, 0.6) is 0 Å². The van der Waals surface area contributed by atoms with Gasteiger partial charge in [0.1, 0.15) is 0 Å². The molecule has 4 heteroatoms. The van der Waals surface area contributed by atoms with Crippen LogP contribution in [0.1, 0.15) is 23.5 Å². The Morgan fingerprint density at radius 2 is 1.80 bits per heavy atom. The first-order valence-corrected chi connectivity index (χ1v) is 11.2. The molecule has 4 aromatic rings. The van der Waals surface area contributed by atoms with Crippen LogP contribution in [-0.4, -0.2) is 19.2 Å². The summed E-state index contributed by atoms with van der Waals surface area (Å²) in [6, 6.07) is 26.3. The molecule has 2 nitrogen and oxygen atoms in total. The number of fused-ring (bicyclic) bond motifs is 1. The third-order valence-corrected chi connectivity index (χ3v) is 6.56. The highest BCUT2D eigenvalue weighted by Gasteiger charge is 2.27. The van der Waals surface area contributed by atoms with E-state index in [1.54, 1.807) is 11.3 Å². The molecule has 2 heterocycles. The maximum absolute atomic E-state index is 6.46. The third kappa shape index (κ3) is 4.60. The average Bonchev–Trinajstić information content (AvgIpc) is 3.33. The number of hydrogen-bond donors (Lipinski definition) is 1. The topological polar surface area (TPSA) is 21.3 Å². The van der Waals surface area contributed by atoms with Gasteiger partial charge < -0.3 is 10.1 Å². The molecule has 1 aliphatic rings. The summed E-state index contributed by atoms with van der Waals surface area (Å²) in [5.74, 6) is 0.426. The van der Waals surface area contributed by atoms with Gasteiger partial charge >= 0.3 is 0 Å². The van der Waals surface area contributed by atoms with Gasteiger partial charge in [0.05, 0.1) is 12.7 Å². The quantitative estimate of drug-likeness (QED) is 0.378. The van der Waals surface area contributed by atoms with Gasteiger partial charge in [0, 0.05) is 12.5 Å². The fourth-order valence-corrected chi connectivity index (χ4v) is 4.96. The van der Waals surface area contributed by atoms with Crippen molar-refractivity contribution in [1.82, 2.24) is 5.32 Å². The van der Waals surface area contributed by atoms with Crippen molar-refractivity contribution >= 4 is 34.5 Å². The summed E-state index contributed by atoms with van der Waals surface area (Å²) in [5.41, 5.74) is 5.23. The molecule has 2 unspecified atom stereocenters. The minimum Gasteiger partial charge on any atom is -0.372 e. The first-order valence-electron chi connectivity index (χ1n) is 10.3. The molecule has 1 saturated heterocycles. The maximum atomic E-state index is 6.46. The lowest BCUT2D eigenvalue weighted by atomic mass is 9.86. The van der Waals surface area contributed by atoms with Crippen LogP contribution in [0.2, 0.25) is 0 Å². The van der Waals surface area contributed by atoms with Crippen LogP contribution in [0.25, 0.3) is 21.9 Å². The average molecular weight is 436 g/mol. The van der Waals surface area contributed by atoms with Crippen molar-refractivity contribution in [3.8, 4) is 11.1 Å². The lowest BCUT2D eigenvalue weighted by molar-refractivity contribution is 0.0107. The summed E-state index contributed by atoms with van der Waals surface area (Å²) >= 11 is 1.75. The highest BCUT2D eigenvalue weighted by atomic mass is 35.5. The SMILES string of the molecule is Cl.c1cc(-c2ccsc2)cc(C2CCNCC2OCc2ccc3ccccc3c2)c1. The monoisotopic (exact) mass is 435 g/mol. The van der Waals surface area contributed by atoms with E-state index in [0.717, 1.165) is 19.5 Å². The van der Waals surface area contributed by atoms with Crippen LogP contribution in [-0.2, 0) is 11.3 Å². The standard InChI is InChI=1S/C26H25NOS.ClH/c1-2-5-21-14-19(8-9-20(21)4-1)17-28-26-16-27-12-10-25(26)23-7-3-6-22(15-23)24-11-13-29-18-24;/h1-9,11,13-15,18,25-27H,10,12,16-17H2;1H. The van der Waals surface area contributed by atoms with E-state index in [-0.39, 0.29) is 18.5 Å². The molecule has 0 bridgehead atoms. The normalized spacial score (nSPS) is 18.8. The molecule has 154 valence electrons. The van der Waals surface area contributed by atoms with E-state index >= 15 is 0 Å². The molecule has 3 aromatic carbocycles. The van der Waals surface area contributed by atoms with Gasteiger partial charge in [-0.05, 0) is 68.9 Å². The first-order chi connectivity index (χ1) is 14.4. The molecule has 2 atom stereocenters. The number of benzene rings is 3. The fourth-order valence-electron chi connectivity index (χ4n) is 4.30. The predicted molar refractivity (Wildman–Crippen MR) is 130 cm³/mol. The number of rotatable bonds is 5. The summed E-state index contributed by atoms with van der Waals surface area (Å²) < 4.78 is 6.46. The molecule has 1 fully saturated rings. The molecule has 0 spiro atoms. The minimum atomic E-state index is 0. The maximum Gasteiger partial charge on any atom is 0.0772 e. The molecule has 0 radical (unpaired) electrons. The van der Waals surface area contributed by atoms with E-state index in [0.29, 0.717) is 12.5 Å². The molecule has 0 saturated carbocycles. The molecule has 1 aliphatic heterocycles. The Bertz CT molecular complexity index is 1100. The Morgan fingerprint density at radius 1 is 0.900 bits per heavy atom. The van der Waals surface area contributed by atoms with Gasteiger partial charge in [-0.25, -0.2) is 0 Å². The zero-order valence-corrected chi connectivity index (χ0v) is 18.4. The lowest BCUT2D eigenvalue weighted by Crippen LogP contribution is -2.41. The van der Waals surface area contributed by atoms with Crippen molar-refractivity contribution in [2.45, 2.75) is 25.0 Å². The second-order valence-electron chi connectivity index (χ2n) is 7.77. The van der Waals surface area contributed by atoms with Crippen molar-refractivity contribution in [3.05, 3.63) is 94.7 Å². The molecule has 1 N–H and O–H groups in total. The van der Waals surface area contributed by atoms with E-state index < -0.39 is 0 Å². The lowest BCUT2D eigenvalue weighted by Gasteiger charge is -2.33. The second kappa shape index (κ2) is 9.76. The van der Waals surface area contributed by atoms with E-state index in [4.69, 9.17) is 4.74 Å². The van der Waals surface area contributed by atoms with E-state index in [1.807, 2.05) is 0 Å². The van der Waals surface area contributed by atoms with Gasteiger partial charge in [0.25, 0.3) is 0 Å². The van der Waals surface area contributed by atoms with Crippen LogP contribution >= 0.6 is 23.7 Å². The molecular weight excluding hydrogens is 410 g/mol. The van der Waals surface area contributed by atoms with Crippen molar-refractivity contribution in [2.24, 2.45) is 0 Å². The summed E-state index contributed by atoms with van der Waals surface area (Å²) in [6.07, 6.45) is 1.29. The van der Waals surface area contributed by atoms with E-state index in [1.165, 1.54) is 33.0 Å². The highest BCUT2D eigenvalue weighted by Crippen LogP contribution is 2.32. The van der Waals surface area contributed by atoms with Gasteiger partial charge in [0.15, 0.2) is 0 Å². The van der Waals surface area contributed by atoms with Crippen molar-refractivity contribution < 1.29 is 4.74 Å². The summed E-state index contributed by atoms with van der Waals surface area (Å²) in [5, 5.41) is 10.4. The number of thiophene rings is 1.